The lowest BCUT2D eigenvalue weighted by Crippen LogP contribution is -2.25. The van der Waals surface area contributed by atoms with Crippen LogP contribution >= 0.6 is 7.37 Å². The van der Waals surface area contributed by atoms with E-state index in [0.717, 1.165) is 11.8 Å². The van der Waals surface area contributed by atoms with E-state index in [0.29, 0.717) is 11.8 Å². The normalized spacial score (nSPS) is 14.1. The topological polar surface area (TPSA) is 29.5 Å². The number of hydrogen-bond donors (Lipinski definition) is 0. The molecular formula is C18H24NO2P. The summed E-state index contributed by atoms with van der Waals surface area (Å²) in [7, 11) is -0.755. The average Bonchev–Trinajstić information content (AvgIpc) is 2.48. The summed E-state index contributed by atoms with van der Waals surface area (Å²) in [5, 5.41) is 0.743. The third-order valence-electron chi connectivity index (χ3n) is 3.74. The highest BCUT2D eigenvalue weighted by atomic mass is 31.2. The molecule has 118 valence electrons. The summed E-state index contributed by atoms with van der Waals surface area (Å²) in [5.74, 6) is 0.636. The number of rotatable bonds is 6. The largest absolute Gasteiger partial charge is 0.440 e. The molecule has 1 unspecified atom stereocenters. The lowest BCUT2D eigenvalue weighted by Gasteiger charge is -2.21. The van der Waals surface area contributed by atoms with Gasteiger partial charge >= 0.3 is 0 Å². The van der Waals surface area contributed by atoms with Crippen molar-refractivity contribution in [3.8, 4) is 5.75 Å². The van der Waals surface area contributed by atoms with Crippen molar-refractivity contribution in [1.82, 2.24) is 4.90 Å². The summed E-state index contributed by atoms with van der Waals surface area (Å²) in [6.07, 6.45) is 0. The van der Waals surface area contributed by atoms with E-state index in [9.17, 15) is 4.57 Å². The molecule has 0 saturated heterocycles. The molecule has 0 aliphatic carbocycles. The third kappa shape index (κ3) is 4.46. The van der Waals surface area contributed by atoms with Gasteiger partial charge in [-0.15, -0.1) is 0 Å². The Morgan fingerprint density at radius 3 is 2.18 bits per heavy atom. The first-order chi connectivity index (χ1) is 10.4. The summed E-state index contributed by atoms with van der Waals surface area (Å²) in [5.41, 5.74) is 1.21. The van der Waals surface area contributed by atoms with Gasteiger partial charge in [0.05, 0.1) is 0 Å². The van der Waals surface area contributed by atoms with Gasteiger partial charge in [-0.05, 0) is 50.7 Å². The van der Waals surface area contributed by atoms with Crippen LogP contribution in [0.15, 0.2) is 54.6 Å². The van der Waals surface area contributed by atoms with Crippen LogP contribution in [0.4, 0.5) is 0 Å². The molecule has 1 atom stereocenters. The van der Waals surface area contributed by atoms with Crippen molar-refractivity contribution in [3.05, 3.63) is 60.2 Å². The van der Waals surface area contributed by atoms with Crippen LogP contribution in [0.25, 0.3) is 0 Å². The van der Waals surface area contributed by atoms with Crippen molar-refractivity contribution in [2.75, 3.05) is 13.7 Å². The van der Waals surface area contributed by atoms with Gasteiger partial charge in [0.25, 0.3) is 7.37 Å². The smallest absolute Gasteiger partial charge is 0.274 e. The first kappa shape index (κ1) is 16.8. The predicted octanol–water partition coefficient (Wildman–Crippen LogP) is 4.14. The van der Waals surface area contributed by atoms with E-state index < -0.39 is 7.37 Å². The highest BCUT2D eigenvalue weighted by molar-refractivity contribution is 7.66. The van der Waals surface area contributed by atoms with E-state index in [4.69, 9.17) is 4.52 Å². The molecule has 0 aliphatic rings. The van der Waals surface area contributed by atoms with Gasteiger partial charge in [0.1, 0.15) is 5.75 Å². The third-order valence-corrected chi connectivity index (χ3v) is 5.54. The minimum Gasteiger partial charge on any atom is -0.440 e. The van der Waals surface area contributed by atoms with Crippen LogP contribution in [-0.2, 0) is 11.1 Å². The molecule has 0 bridgehead atoms. The van der Waals surface area contributed by atoms with Crippen LogP contribution in [-0.4, -0.2) is 24.7 Å². The Morgan fingerprint density at radius 1 is 1.05 bits per heavy atom. The molecule has 3 nitrogen and oxygen atoms in total. The standard InChI is InChI=1S/C18H24NO2P/c1-15(2)19(3)14-16-10-12-18(13-11-16)22(4,20)21-17-8-6-5-7-9-17/h5-13,15H,14H2,1-4H3. The van der Waals surface area contributed by atoms with E-state index in [1.165, 1.54) is 5.56 Å². The zero-order valence-electron chi connectivity index (χ0n) is 13.7. The monoisotopic (exact) mass is 317 g/mol. The zero-order valence-corrected chi connectivity index (χ0v) is 14.6. The fourth-order valence-corrected chi connectivity index (χ4v) is 3.40. The summed E-state index contributed by atoms with van der Waals surface area (Å²) in [4.78, 5) is 2.26. The molecule has 0 N–H and O–H groups in total. The maximum Gasteiger partial charge on any atom is 0.274 e. The highest BCUT2D eigenvalue weighted by Crippen LogP contribution is 2.41. The number of hydrogen-bond acceptors (Lipinski definition) is 3. The molecule has 0 radical (unpaired) electrons. The van der Waals surface area contributed by atoms with Crippen molar-refractivity contribution in [2.24, 2.45) is 0 Å². The van der Waals surface area contributed by atoms with Gasteiger partial charge in [-0.3, -0.25) is 9.46 Å². The van der Waals surface area contributed by atoms with E-state index in [1.807, 2.05) is 54.6 Å². The van der Waals surface area contributed by atoms with Crippen LogP contribution < -0.4 is 9.83 Å². The van der Waals surface area contributed by atoms with Crippen LogP contribution in [0.1, 0.15) is 19.4 Å². The second-order valence-electron chi connectivity index (χ2n) is 5.93. The van der Waals surface area contributed by atoms with Crippen LogP contribution in [0, 0.1) is 0 Å². The highest BCUT2D eigenvalue weighted by Gasteiger charge is 2.20. The zero-order chi connectivity index (χ0) is 16.2. The Labute approximate surface area is 133 Å². The van der Waals surface area contributed by atoms with Crippen molar-refractivity contribution in [1.29, 1.82) is 0 Å². The first-order valence-electron chi connectivity index (χ1n) is 7.50. The lowest BCUT2D eigenvalue weighted by molar-refractivity contribution is 0.266. The molecule has 0 amide bonds. The van der Waals surface area contributed by atoms with Crippen molar-refractivity contribution in [3.63, 3.8) is 0 Å². The first-order valence-corrected chi connectivity index (χ1v) is 9.57. The Balaban J connectivity index is 2.10. The van der Waals surface area contributed by atoms with Gasteiger partial charge < -0.3 is 4.52 Å². The molecule has 0 fully saturated rings. The van der Waals surface area contributed by atoms with Gasteiger partial charge in [0.2, 0.25) is 0 Å². The van der Waals surface area contributed by atoms with Gasteiger partial charge in [-0.1, -0.05) is 30.3 Å². The van der Waals surface area contributed by atoms with E-state index in [2.05, 4.69) is 25.8 Å². The Bertz CT molecular complexity index is 638. The lowest BCUT2D eigenvalue weighted by atomic mass is 10.2. The molecule has 4 heteroatoms. The van der Waals surface area contributed by atoms with Crippen LogP contribution in [0.2, 0.25) is 0 Å². The SMILES string of the molecule is CC(C)N(C)Cc1ccc(P(C)(=O)Oc2ccccc2)cc1. The molecule has 2 aromatic carbocycles. The molecule has 0 spiro atoms. The molecule has 0 aromatic heterocycles. The Morgan fingerprint density at radius 2 is 1.64 bits per heavy atom. The van der Waals surface area contributed by atoms with E-state index >= 15 is 0 Å². The summed E-state index contributed by atoms with van der Waals surface area (Å²) in [6, 6.07) is 17.7. The summed E-state index contributed by atoms with van der Waals surface area (Å²) < 4.78 is 18.5. The molecular weight excluding hydrogens is 293 g/mol. The van der Waals surface area contributed by atoms with Gasteiger partial charge in [-0.2, -0.15) is 0 Å². The summed E-state index contributed by atoms with van der Waals surface area (Å²) >= 11 is 0. The average molecular weight is 317 g/mol. The van der Waals surface area contributed by atoms with Crippen molar-refractivity contribution < 1.29 is 9.09 Å². The van der Waals surface area contributed by atoms with Gasteiger partial charge in [-0.25, -0.2) is 0 Å². The quantitative estimate of drug-likeness (QED) is 0.750. The van der Waals surface area contributed by atoms with Gasteiger partial charge in [0.15, 0.2) is 0 Å². The Kier molecular flexibility index (Phi) is 5.44. The predicted molar refractivity (Wildman–Crippen MR) is 93.3 cm³/mol. The fraction of sp³-hybridized carbons (Fsp3) is 0.333. The van der Waals surface area contributed by atoms with Crippen molar-refractivity contribution in [2.45, 2.75) is 26.4 Å². The van der Waals surface area contributed by atoms with Crippen molar-refractivity contribution >= 4 is 12.7 Å². The molecule has 0 saturated carbocycles. The minimum absolute atomic E-state index is 0.498. The van der Waals surface area contributed by atoms with Crippen LogP contribution in [0.5, 0.6) is 5.75 Å². The fourth-order valence-electron chi connectivity index (χ4n) is 2.08. The molecule has 0 heterocycles. The maximum atomic E-state index is 12.8. The van der Waals surface area contributed by atoms with E-state index in [-0.39, 0.29) is 0 Å². The maximum absolute atomic E-state index is 12.8. The van der Waals surface area contributed by atoms with Gasteiger partial charge in [0, 0.05) is 24.6 Å². The van der Waals surface area contributed by atoms with Crippen LogP contribution in [0.3, 0.4) is 0 Å². The molecule has 2 aromatic rings. The number of benzene rings is 2. The number of para-hydroxylation sites is 1. The molecule has 22 heavy (non-hydrogen) atoms. The Hall–Kier alpha value is -1.57. The molecule has 0 aliphatic heterocycles. The second-order valence-corrected chi connectivity index (χ2v) is 8.32. The second kappa shape index (κ2) is 7.13. The molecule has 2 rings (SSSR count). The van der Waals surface area contributed by atoms with E-state index in [1.54, 1.807) is 6.66 Å². The summed E-state index contributed by atoms with van der Waals surface area (Å²) in [6.45, 7) is 6.88. The minimum atomic E-state index is -2.85. The number of nitrogens with zero attached hydrogens (tertiary/aromatic N) is 1.